The van der Waals surface area contributed by atoms with Gasteiger partial charge in [0.1, 0.15) is 0 Å². The van der Waals surface area contributed by atoms with Crippen molar-refractivity contribution >= 4 is 150 Å². The van der Waals surface area contributed by atoms with Crippen LogP contribution >= 0.6 is 22.7 Å². The first-order chi connectivity index (χ1) is 50.6. The molecule has 0 saturated carbocycles. The van der Waals surface area contributed by atoms with E-state index in [-0.39, 0.29) is 0 Å². The largest absolute Gasteiger partial charge is 0.309 e. The molecule has 0 aliphatic rings. The summed E-state index contributed by atoms with van der Waals surface area (Å²) in [5.41, 5.74) is 14.9. The van der Waals surface area contributed by atoms with Gasteiger partial charge in [0, 0.05) is 117 Å². The van der Waals surface area contributed by atoms with Gasteiger partial charge in [-0.05, 0) is 97.1 Å². The Morgan fingerprint density at radius 1 is 0.196 bits per heavy atom. The zero-order valence-corrected chi connectivity index (χ0v) is 56.1. The molecule has 8 aromatic heterocycles. The van der Waals surface area contributed by atoms with E-state index >= 15 is 0 Å². The lowest BCUT2D eigenvalue weighted by molar-refractivity contribution is 0.953. The van der Waals surface area contributed by atoms with E-state index in [1.54, 1.807) is 22.7 Å². The Balaban J connectivity index is 0.000000133. The summed E-state index contributed by atoms with van der Waals surface area (Å²) in [6.07, 6.45) is 0. The minimum Gasteiger partial charge on any atom is -0.309 e. The Hall–Kier alpha value is -13.3. The molecule has 0 saturated heterocycles. The molecule has 0 N–H and O–H groups in total. The lowest BCUT2D eigenvalue weighted by Crippen LogP contribution is -2.06. The van der Waals surface area contributed by atoms with Gasteiger partial charge in [0.2, 0.25) is 11.9 Å². The van der Waals surface area contributed by atoms with Crippen LogP contribution in [0.5, 0.6) is 0 Å². The second-order valence-corrected chi connectivity index (χ2v) is 27.9. The molecule has 0 fully saturated rings. The standard InChI is InChI=1S/2C45H27N5S/c1-3-14-28(15-4-1)43-46-44(34-22-13-21-33-32-20-9-12-25-41(32)51-42(33)34)48-45(47-43)50-38-24-11-8-19-31(38)36-26-35-30-18-7-10-23-37(30)49(39(35)27-40(36)50)29-16-5-2-6-17-29;1-3-13-28(14-4-1)43-46-44(29-23-24-34-33-19-9-12-22-41(33)51-42(34)25-29)48-45(47-43)50-38-21-11-8-18-32(38)36-26-35-31-17-7-10-20-37(31)49(39(35)27-40(36)50)30-15-5-2-6-16-30/h2*1-27H. The molecule has 0 aliphatic heterocycles. The molecule has 0 spiro atoms. The molecule has 0 atom stereocenters. The Bertz CT molecular complexity index is 7130. The van der Waals surface area contributed by atoms with Crippen molar-refractivity contribution in [3.05, 3.63) is 328 Å². The van der Waals surface area contributed by atoms with Gasteiger partial charge in [0.25, 0.3) is 0 Å². The highest BCUT2D eigenvalue weighted by Crippen LogP contribution is 2.45. The first kappa shape index (κ1) is 57.8. The maximum atomic E-state index is 5.34. The number of hydrogen-bond donors (Lipinski definition) is 0. The quantitative estimate of drug-likeness (QED) is 0.150. The zero-order chi connectivity index (χ0) is 66.9. The van der Waals surface area contributed by atoms with Gasteiger partial charge in [-0.25, -0.2) is 9.97 Å². The van der Waals surface area contributed by atoms with Gasteiger partial charge < -0.3 is 9.13 Å². The summed E-state index contributed by atoms with van der Waals surface area (Å²) in [5.74, 6) is 3.75. The maximum absolute atomic E-state index is 5.34. The minimum atomic E-state index is 0.586. The van der Waals surface area contributed by atoms with E-state index in [1.807, 2.05) is 36.4 Å². The van der Waals surface area contributed by atoms with Crippen LogP contribution in [0.1, 0.15) is 0 Å². The van der Waals surface area contributed by atoms with Gasteiger partial charge in [-0.1, -0.05) is 231 Å². The molecule has 0 aliphatic carbocycles. The second-order valence-electron chi connectivity index (χ2n) is 25.7. The number of aromatic nitrogens is 10. The van der Waals surface area contributed by atoms with Crippen LogP contribution in [0.3, 0.4) is 0 Å². The molecule has 0 amide bonds. The van der Waals surface area contributed by atoms with E-state index in [4.69, 9.17) is 29.9 Å². The molecular weight excluding hydrogens is 1290 g/mol. The molecule has 14 aromatic carbocycles. The first-order valence-electron chi connectivity index (χ1n) is 34.1. The molecule has 476 valence electrons. The van der Waals surface area contributed by atoms with Crippen molar-refractivity contribution in [1.82, 2.24) is 48.2 Å². The van der Waals surface area contributed by atoms with E-state index in [0.29, 0.717) is 35.2 Å². The highest BCUT2D eigenvalue weighted by Gasteiger charge is 2.25. The van der Waals surface area contributed by atoms with Gasteiger partial charge in [-0.15, -0.1) is 22.7 Å². The fourth-order valence-electron chi connectivity index (χ4n) is 15.4. The van der Waals surface area contributed by atoms with Crippen LogP contribution in [-0.2, 0) is 0 Å². The van der Waals surface area contributed by atoms with E-state index in [0.717, 1.165) is 88.3 Å². The number of nitrogens with zero attached hydrogens (tertiary/aromatic N) is 10. The first-order valence-corrected chi connectivity index (χ1v) is 35.7. The van der Waals surface area contributed by atoms with Crippen LogP contribution in [-0.4, -0.2) is 48.2 Å². The third-order valence-electron chi connectivity index (χ3n) is 20.0. The Labute approximate surface area is 590 Å². The molecule has 0 radical (unpaired) electrons. The van der Waals surface area contributed by atoms with E-state index in [2.05, 4.69) is 309 Å². The summed E-state index contributed by atoms with van der Waals surface area (Å²) in [6, 6.07) is 116. The summed E-state index contributed by atoms with van der Waals surface area (Å²) in [7, 11) is 0. The van der Waals surface area contributed by atoms with E-state index in [1.165, 1.54) is 72.9 Å². The minimum absolute atomic E-state index is 0.586. The topological polar surface area (TPSA) is 97.1 Å². The monoisotopic (exact) mass is 1340 g/mol. The highest BCUT2D eigenvalue weighted by molar-refractivity contribution is 7.26. The third kappa shape index (κ3) is 9.17. The number of rotatable bonds is 8. The van der Waals surface area contributed by atoms with Crippen LogP contribution in [0, 0.1) is 0 Å². The highest BCUT2D eigenvalue weighted by atomic mass is 32.1. The van der Waals surface area contributed by atoms with Crippen LogP contribution in [0.25, 0.3) is 196 Å². The number of thiophene rings is 2. The molecule has 10 nitrogen and oxygen atoms in total. The number of benzene rings is 14. The van der Waals surface area contributed by atoms with Gasteiger partial charge in [-0.3, -0.25) is 9.13 Å². The van der Waals surface area contributed by atoms with Crippen molar-refractivity contribution < 1.29 is 0 Å². The molecule has 22 aromatic rings. The molecule has 8 heterocycles. The van der Waals surface area contributed by atoms with E-state index in [9.17, 15) is 0 Å². The van der Waals surface area contributed by atoms with Crippen LogP contribution < -0.4 is 0 Å². The molecule has 0 unspecified atom stereocenters. The molecule has 12 heteroatoms. The summed E-state index contributed by atoms with van der Waals surface area (Å²) in [5, 5.41) is 14.5. The zero-order valence-electron chi connectivity index (χ0n) is 54.5. The second kappa shape index (κ2) is 23.2. The predicted molar refractivity (Wildman–Crippen MR) is 425 cm³/mol. The number of fused-ring (bicyclic) bond motifs is 18. The van der Waals surface area contributed by atoms with Gasteiger partial charge >= 0.3 is 0 Å². The van der Waals surface area contributed by atoms with Crippen molar-refractivity contribution in [1.29, 1.82) is 0 Å². The Morgan fingerprint density at radius 2 is 0.549 bits per heavy atom. The van der Waals surface area contributed by atoms with Crippen LogP contribution in [0.4, 0.5) is 0 Å². The predicted octanol–water partition coefficient (Wildman–Crippen LogP) is 23.5. The Kier molecular flexibility index (Phi) is 13.1. The lowest BCUT2D eigenvalue weighted by Gasteiger charge is -2.12. The van der Waals surface area contributed by atoms with Gasteiger partial charge in [0.15, 0.2) is 23.3 Å². The summed E-state index contributed by atoms with van der Waals surface area (Å²) in [4.78, 5) is 31.3. The molecular formula is C90H54N10S2. The van der Waals surface area contributed by atoms with Crippen LogP contribution in [0.2, 0.25) is 0 Å². The normalized spacial score (nSPS) is 11.9. The summed E-state index contributed by atoms with van der Waals surface area (Å²) in [6.45, 7) is 0. The average Bonchev–Trinajstić information content (AvgIpc) is 1.56. The van der Waals surface area contributed by atoms with Crippen molar-refractivity contribution in [2.24, 2.45) is 0 Å². The average molecular weight is 1340 g/mol. The summed E-state index contributed by atoms with van der Waals surface area (Å²) >= 11 is 3.59. The van der Waals surface area contributed by atoms with Crippen molar-refractivity contribution in [3.63, 3.8) is 0 Å². The Morgan fingerprint density at radius 3 is 1.04 bits per heavy atom. The van der Waals surface area contributed by atoms with E-state index < -0.39 is 0 Å². The smallest absolute Gasteiger partial charge is 0.238 e. The van der Waals surface area contributed by atoms with Gasteiger partial charge in [0.05, 0.1) is 44.1 Å². The third-order valence-corrected chi connectivity index (χ3v) is 22.3. The van der Waals surface area contributed by atoms with Crippen LogP contribution in [0.15, 0.2) is 328 Å². The van der Waals surface area contributed by atoms with Crippen molar-refractivity contribution in [2.45, 2.75) is 0 Å². The number of para-hydroxylation sites is 6. The SMILES string of the molecule is c1ccc(-c2nc(-c3ccc4c(c3)sc3ccccc34)nc(-n3c4ccccc4c4cc5c6ccccc6n(-c6ccccc6)c5cc43)n2)cc1.c1ccc(-c2nc(-c3cccc4c3sc3ccccc34)nc(-n3c4ccccc4c4cc5c6ccccc6n(-c6ccccc6)c5cc43)n2)cc1. The summed E-state index contributed by atoms with van der Waals surface area (Å²) < 4.78 is 14.1. The fraction of sp³-hybridized carbons (Fsp3) is 0. The molecule has 102 heavy (non-hydrogen) atoms. The molecule has 22 rings (SSSR count). The van der Waals surface area contributed by atoms with Crippen molar-refractivity contribution in [3.8, 4) is 68.8 Å². The van der Waals surface area contributed by atoms with Gasteiger partial charge in [-0.2, -0.15) is 19.9 Å². The van der Waals surface area contributed by atoms with Crippen molar-refractivity contribution in [2.75, 3.05) is 0 Å². The number of hydrogen-bond acceptors (Lipinski definition) is 8. The lowest BCUT2D eigenvalue weighted by atomic mass is 10.1. The maximum Gasteiger partial charge on any atom is 0.238 e. The fourth-order valence-corrected chi connectivity index (χ4v) is 17.8. The molecule has 0 bridgehead atoms.